The molecule has 1 heterocycles. The Hall–Kier alpha value is -0.830. The number of aromatic nitrogens is 2. The monoisotopic (exact) mass is 249 g/mol. The molecule has 0 spiro atoms. The first-order chi connectivity index (χ1) is 8.90. The molecule has 0 radical (unpaired) electrons. The summed E-state index contributed by atoms with van der Waals surface area (Å²) in [7, 11) is 0. The molecule has 1 fully saturated rings. The molecule has 1 aliphatic carbocycles. The van der Waals surface area contributed by atoms with E-state index in [1.165, 1.54) is 44.2 Å². The van der Waals surface area contributed by atoms with E-state index in [0.29, 0.717) is 0 Å². The van der Waals surface area contributed by atoms with E-state index in [4.69, 9.17) is 0 Å². The lowest BCUT2D eigenvalue weighted by molar-refractivity contribution is 0.465. The summed E-state index contributed by atoms with van der Waals surface area (Å²) in [5.41, 5.74) is 1.32. The van der Waals surface area contributed by atoms with Crippen molar-refractivity contribution < 1.29 is 0 Å². The Balaban J connectivity index is 1.58. The van der Waals surface area contributed by atoms with Gasteiger partial charge in [0, 0.05) is 19.3 Å². The fourth-order valence-electron chi connectivity index (χ4n) is 2.95. The van der Waals surface area contributed by atoms with Crippen LogP contribution in [0.5, 0.6) is 0 Å². The van der Waals surface area contributed by atoms with Crippen LogP contribution in [0.25, 0.3) is 0 Å². The molecule has 0 aliphatic heterocycles. The lowest BCUT2D eigenvalue weighted by Crippen LogP contribution is -2.18. The minimum atomic E-state index is 0.963. The molecule has 102 valence electrons. The largest absolute Gasteiger partial charge is 0.311 e. The molecule has 0 saturated heterocycles. The predicted molar refractivity (Wildman–Crippen MR) is 75.4 cm³/mol. The first-order valence-electron chi connectivity index (χ1n) is 7.61. The summed E-state index contributed by atoms with van der Waals surface area (Å²) in [5.74, 6) is 1.03. The molecule has 3 nitrogen and oxygen atoms in total. The second-order valence-corrected chi connectivity index (χ2v) is 5.52. The van der Waals surface area contributed by atoms with E-state index < -0.39 is 0 Å². The smallest absolute Gasteiger partial charge is 0.0522 e. The van der Waals surface area contributed by atoms with Gasteiger partial charge in [-0.3, -0.25) is 4.68 Å². The Bertz CT molecular complexity index is 326. The first-order valence-corrected chi connectivity index (χ1v) is 7.61. The zero-order chi connectivity index (χ0) is 12.6. The van der Waals surface area contributed by atoms with Crippen LogP contribution >= 0.6 is 0 Å². The SMILES string of the molecule is CCCn1nccc1CNCCCC1CCCC1. The van der Waals surface area contributed by atoms with E-state index in [-0.39, 0.29) is 0 Å². The maximum Gasteiger partial charge on any atom is 0.0522 e. The van der Waals surface area contributed by atoms with Crippen LogP contribution < -0.4 is 5.32 Å². The standard InChI is InChI=1S/C15H27N3/c1-2-12-18-15(9-11-17-18)13-16-10-5-8-14-6-3-4-7-14/h9,11,14,16H,2-8,10,12-13H2,1H3. The van der Waals surface area contributed by atoms with Crippen molar-refractivity contribution in [1.82, 2.24) is 15.1 Å². The highest BCUT2D eigenvalue weighted by atomic mass is 15.3. The van der Waals surface area contributed by atoms with Gasteiger partial charge in [0.2, 0.25) is 0 Å². The fraction of sp³-hybridized carbons (Fsp3) is 0.800. The lowest BCUT2D eigenvalue weighted by Gasteiger charge is -2.10. The molecule has 3 heteroatoms. The Labute approximate surface area is 111 Å². The van der Waals surface area contributed by atoms with Gasteiger partial charge in [0.1, 0.15) is 0 Å². The number of nitrogens with one attached hydrogen (secondary N) is 1. The van der Waals surface area contributed by atoms with Gasteiger partial charge in [-0.15, -0.1) is 0 Å². The number of hydrogen-bond acceptors (Lipinski definition) is 2. The van der Waals surface area contributed by atoms with E-state index in [2.05, 4.69) is 28.1 Å². The van der Waals surface area contributed by atoms with Crippen molar-refractivity contribution in [3.05, 3.63) is 18.0 Å². The molecule has 1 aliphatic rings. The van der Waals surface area contributed by atoms with Crippen LogP contribution in [0.3, 0.4) is 0 Å². The van der Waals surface area contributed by atoms with Gasteiger partial charge < -0.3 is 5.32 Å². The third-order valence-corrected chi connectivity index (χ3v) is 3.99. The van der Waals surface area contributed by atoms with Gasteiger partial charge in [-0.1, -0.05) is 32.6 Å². The molecule has 0 atom stereocenters. The second-order valence-electron chi connectivity index (χ2n) is 5.52. The maximum absolute atomic E-state index is 4.34. The van der Waals surface area contributed by atoms with Gasteiger partial charge in [-0.05, 0) is 37.8 Å². The highest BCUT2D eigenvalue weighted by Crippen LogP contribution is 2.28. The molecule has 0 unspecified atom stereocenters. The molecule has 0 bridgehead atoms. The van der Waals surface area contributed by atoms with E-state index in [0.717, 1.165) is 32.0 Å². The summed E-state index contributed by atoms with van der Waals surface area (Å²) in [4.78, 5) is 0. The van der Waals surface area contributed by atoms with Crippen molar-refractivity contribution in [2.45, 2.75) is 65.0 Å². The normalized spacial score (nSPS) is 16.5. The van der Waals surface area contributed by atoms with E-state index in [9.17, 15) is 0 Å². The summed E-state index contributed by atoms with van der Waals surface area (Å²) < 4.78 is 2.12. The van der Waals surface area contributed by atoms with Crippen LogP contribution in [0.4, 0.5) is 0 Å². The third kappa shape index (κ3) is 4.13. The summed E-state index contributed by atoms with van der Waals surface area (Å²) >= 11 is 0. The molecular weight excluding hydrogens is 222 g/mol. The van der Waals surface area contributed by atoms with Crippen LogP contribution in [0.2, 0.25) is 0 Å². The molecule has 18 heavy (non-hydrogen) atoms. The Morgan fingerprint density at radius 2 is 2.22 bits per heavy atom. The summed E-state index contributed by atoms with van der Waals surface area (Å²) in [6.07, 6.45) is 11.7. The number of aryl methyl sites for hydroxylation is 1. The molecule has 1 aromatic heterocycles. The highest BCUT2D eigenvalue weighted by molar-refractivity contribution is 4.99. The Morgan fingerprint density at radius 3 is 3.00 bits per heavy atom. The lowest BCUT2D eigenvalue weighted by atomic mass is 10.0. The van der Waals surface area contributed by atoms with Crippen molar-refractivity contribution >= 4 is 0 Å². The quantitative estimate of drug-likeness (QED) is 0.716. The van der Waals surface area contributed by atoms with Crippen LogP contribution in [-0.4, -0.2) is 16.3 Å². The van der Waals surface area contributed by atoms with Crippen molar-refractivity contribution in [1.29, 1.82) is 0 Å². The van der Waals surface area contributed by atoms with E-state index >= 15 is 0 Å². The van der Waals surface area contributed by atoms with Crippen molar-refractivity contribution in [3.63, 3.8) is 0 Å². The van der Waals surface area contributed by atoms with Crippen molar-refractivity contribution in [2.75, 3.05) is 6.54 Å². The fourth-order valence-corrected chi connectivity index (χ4v) is 2.95. The average molecular weight is 249 g/mol. The van der Waals surface area contributed by atoms with Gasteiger partial charge in [-0.2, -0.15) is 5.10 Å². The van der Waals surface area contributed by atoms with Gasteiger partial charge in [-0.25, -0.2) is 0 Å². The first kappa shape index (κ1) is 13.6. The van der Waals surface area contributed by atoms with Gasteiger partial charge >= 0.3 is 0 Å². The Kier molecular flexibility index (Phi) is 5.72. The minimum Gasteiger partial charge on any atom is -0.311 e. The Morgan fingerprint density at radius 1 is 1.39 bits per heavy atom. The molecule has 1 aromatic rings. The van der Waals surface area contributed by atoms with Gasteiger partial charge in [0.15, 0.2) is 0 Å². The van der Waals surface area contributed by atoms with Crippen molar-refractivity contribution in [3.8, 4) is 0 Å². The molecule has 1 saturated carbocycles. The maximum atomic E-state index is 4.34. The van der Waals surface area contributed by atoms with Gasteiger partial charge in [0.05, 0.1) is 5.69 Å². The number of nitrogens with zero attached hydrogens (tertiary/aromatic N) is 2. The number of rotatable bonds is 8. The van der Waals surface area contributed by atoms with Crippen LogP contribution in [0.15, 0.2) is 12.3 Å². The van der Waals surface area contributed by atoms with Crippen LogP contribution in [0.1, 0.15) is 57.6 Å². The topological polar surface area (TPSA) is 29.9 Å². The molecular formula is C15H27N3. The van der Waals surface area contributed by atoms with Gasteiger partial charge in [0.25, 0.3) is 0 Å². The molecule has 0 amide bonds. The van der Waals surface area contributed by atoms with Crippen molar-refractivity contribution in [2.24, 2.45) is 5.92 Å². The second kappa shape index (κ2) is 7.57. The minimum absolute atomic E-state index is 0.963. The zero-order valence-electron chi connectivity index (χ0n) is 11.7. The molecule has 1 N–H and O–H groups in total. The predicted octanol–water partition coefficient (Wildman–Crippen LogP) is 3.35. The average Bonchev–Trinajstić information content (AvgIpc) is 3.01. The molecule has 2 rings (SSSR count). The zero-order valence-corrected chi connectivity index (χ0v) is 11.7. The van der Waals surface area contributed by atoms with E-state index in [1.807, 2.05) is 6.20 Å². The summed E-state index contributed by atoms with van der Waals surface area (Å²) in [6.45, 7) is 5.34. The third-order valence-electron chi connectivity index (χ3n) is 3.99. The summed E-state index contributed by atoms with van der Waals surface area (Å²) in [5, 5.41) is 7.89. The van der Waals surface area contributed by atoms with E-state index in [1.54, 1.807) is 0 Å². The molecule has 0 aromatic carbocycles. The number of hydrogen-bond donors (Lipinski definition) is 1. The van der Waals surface area contributed by atoms with Crippen LogP contribution in [0, 0.1) is 5.92 Å². The van der Waals surface area contributed by atoms with Crippen LogP contribution in [-0.2, 0) is 13.1 Å². The highest BCUT2D eigenvalue weighted by Gasteiger charge is 2.13. The summed E-state index contributed by atoms with van der Waals surface area (Å²) in [6, 6.07) is 2.12.